The van der Waals surface area contributed by atoms with Crippen molar-refractivity contribution in [2.45, 2.75) is 25.8 Å². The van der Waals surface area contributed by atoms with Crippen LogP contribution in [0.5, 0.6) is 0 Å². The highest BCUT2D eigenvalue weighted by Gasteiger charge is 2.34. The van der Waals surface area contributed by atoms with Crippen LogP contribution in [0.1, 0.15) is 20.3 Å². The number of ether oxygens (including phenoxy) is 1. The van der Waals surface area contributed by atoms with Gasteiger partial charge in [-0.25, -0.2) is 0 Å². The van der Waals surface area contributed by atoms with Crippen molar-refractivity contribution < 1.29 is 19.2 Å². The summed E-state index contributed by atoms with van der Waals surface area (Å²) in [5.41, 5.74) is -0.483. The molecule has 13 heavy (non-hydrogen) atoms. The number of esters is 1. The summed E-state index contributed by atoms with van der Waals surface area (Å²) in [6, 6.07) is 0. The van der Waals surface area contributed by atoms with E-state index in [1.165, 1.54) is 12.3 Å². The minimum Gasteiger partial charge on any atom is -0.469 e. The Hall–Kier alpha value is -0.650. The van der Waals surface area contributed by atoms with Crippen molar-refractivity contribution in [1.29, 1.82) is 0 Å². The standard InChI is InChI=1S/C8H15NO4/c1-8(2,6-7(10)11-3)9-12-4-5-13-9/h4-6H2,1-3H3. The summed E-state index contributed by atoms with van der Waals surface area (Å²) in [7, 11) is 1.37. The zero-order valence-electron chi connectivity index (χ0n) is 8.20. The maximum Gasteiger partial charge on any atom is 0.307 e. The van der Waals surface area contributed by atoms with E-state index in [0.29, 0.717) is 13.2 Å². The van der Waals surface area contributed by atoms with E-state index < -0.39 is 5.54 Å². The first-order valence-electron chi connectivity index (χ1n) is 4.19. The first-order valence-corrected chi connectivity index (χ1v) is 4.19. The molecule has 1 fully saturated rings. The molecule has 0 N–H and O–H groups in total. The van der Waals surface area contributed by atoms with Gasteiger partial charge < -0.3 is 4.74 Å². The quantitative estimate of drug-likeness (QED) is 0.605. The van der Waals surface area contributed by atoms with Crippen molar-refractivity contribution in [3.05, 3.63) is 0 Å². The molecule has 5 heteroatoms. The summed E-state index contributed by atoms with van der Waals surface area (Å²) in [5.74, 6) is -0.274. The Morgan fingerprint density at radius 1 is 1.46 bits per heavy atom. The van der Waals surface area contributed by atoms with Gasteiger partial charge in [0.15, 0.2) is 0 Å². The second-order valence-electron chi connectivity index (χ2n) is 3.49. The Balaban J connectivity index is 2.48. The van der Waals surface area contributed by atoms with Crippen molar-refractivity contribution >= 4 is 5.97 Å². The van der Waals surface area contributed by atoms with Gasteiger partial charge in [0.1, 0.15) is 0 Å². The molecular formula is C8H15NO4. The lowest BCUT2D eigenvalue weighted by atomic mass is 10.0. The number of hydroxylamine groups is 2. The van der Waals surface area contributed by atoms with Gasteiger partial charge in [-0.2, -0.15) is 0 Å². The highest BCUT2D eigenvalue weighted by Crippen LogP contribution is 2.22. The lowest BCUT2D eigenvalue weighted by Gasteiger charge is -2.30. The highest BCUT2D eigenvalue weighted by molar-refractivity contribution is 5.70. The normalized spacial score (nSPS) is 19.0. The predicted molar refractivity (Wildman–Crippen MR) is 44.5 cm³/mol. The third-order valence-corrected chi connectivity index (χ3v) is 1.80. The van der Waals surface area contributed by atoms with Gasteiger partial charge in [-0.3, -0.25) is 14.5 Å². The number of rotatable bonds is 3. The molecule has 1 heterocycles. The summed E-state index contributed by atoms with van der Waals surface area (Å²) < 4.78 is 4.57. The molecule has 0 bridgehead atoms. The monoisotopic (exact) mass is 189 g/mol. The fourth-order valence-corrected chi connectivity index (χ4v) is 1.12. The largest absolute Gasteiger partial charge is 0.469 e. The van der Waals surface area contributed by atoms with Crippen molar-refractivity contribution in [2.24, 2.45) is 0 Å². The Labute approximate surface area is 77.5 Å². The molecule has 0 saturated carbocycles. The molecule has 1 aliphatic heterocycles. The molecule has 1 rings (SSSR count). The summed E-state index contributed by atoms with van der Waals surface area (Å²) in [6.45, 7) is 4.78. The minimum absolute atomic E-state index is 0.240. The summed E-state index contributed by atoms with van der Waals surface area (Å²) in [6.07, 6.45) is 0.240. The molecule has 0 spiro atoms. The Morgan fingerprint density at radius 2 is 2.00 bits per heavy atom. The number of carbonyl (C=O) groups excluding carboxylic acids is 1. The molecule has 0 aromatic heterocycles. The molecule has 0 aliphatic carbocycles. The van der Waals surface area contributed by atoms with Gasteiger partial charge in [0.2, 0.25) is 0 Å². The number of nitrogens with zero attached hydrogens (tertiary/aromatic N) is 1. The second kappa shape index (κ2) is 4.04. The topological polar surface area (TPSA) is 48.0 Å². The van der Waals surface area contributed by atoms with Gasteiger partial charge in [-0.1, -0.05) is 5.23 Å². The maximum absolute atomic E-state index is 11.0. The van der Waals surface area contributed by atoms with E-state index in [0.717, 1.165) is 0 Å². The van der Waals surface area contributed by atoms with Crippen molar-refractivity contribution in [2.75, 3.05) is 20.3 Å². The number of carbonyl (C=O) groups is 1. The molecule has 0 radical (unpaired) electrons. The summed E-state index contributed by atoms with van der Waals surface area (Å²) >= 11 is 0. The van der Waals surface area contributed by atoms with Crippen LogP contribution in [0.4, 0.5) is 0 Å². The highest BCUT2D eigenvalue weighted by atomic mass is 17.0. The van der Waals surface area contributed by atoms with E-state index in [-0.39, 0.29) is 12.4 Å². The lowest BCUT2D eigenvalue weighted by Crippen LogP contribution is -2.42. The van der Waals surface area contributed by atoms with Crippen LogP contribution in [-0.2, 0) is 19.2 Å². The van der Waals surface area contributed by atoms with Gasteiger partial charge in [0.05, 0.1) is 32.3 Å². The van der Waals surface area contributed by atoms with E-state index in [1.807, 2.05) is 13.8 Å². The van der Waals surface area contributed by atoms with Gasteiger partial charge in [-0.05, 0) is 13.8 Å². The van der Waals surface area contributed by atoms with E-state index >= 15 is 0 Å². The fourth-order valence-electron chi connectivity index (χ4n) is 1.12. The zero-order valence-corrected chi connectivity index (χ0v) is 8.20. The molecule has 0 aromatic carbocycles. The summed E-state index contributed by atoms with van der Waals surface area (Å²) in [5, 5.41) is 1.36. The van der Waals surface area contributed by atoms with E-state index in [4.69, 9.17) is 9.68 Å². The van der Waals surface area contributed by atoms with Crippen molar-refractivity contribution in [3.63, 3.8) is 0 Å². The number of methoxy groups -OCH3 is 1. The lowest BCUT2D eigenvalue weighted by molar-refractivity contribution is -0.347. The number of hydrogen-bond acceptors (Lipinski definition) is 5. The van der Waals surface area contributed by atoms with Crippen LogP contribution in [0, 0.1) is 0 Å². The van der Waals surface area contributed by atoms with Gasteiger partial charge in [-0.15, -0.1) is 0 Å². The Bertz CT molecular complexity index is 187. The predicted octanol–water partition coefficient (Wildman–Crippen LogP) is 0.507. The van der Waals surface area contributed by atoms with Crippen LogP contribution in [0.15, 0.2) is 0 Å². The smallest absolute Gasteiger partial charge is 0.307 e. The molecular weight excluding hydrogens is 174 g/mol. The third-order valence-electron chi connectivity index (χ3n) is 1.80. The summed E-state index contributed by atoms with van der Waals surface area (Å²) in [4.78, 5) is 21.4. The molecule has 0 aromatic rings. The maximum atomic E-state index is 11.0. The van der Waals surface area contributed by atoms with Crippen LogP contribution < -0.4 is 0 Å². The third kappa shape index (κ3) is 2.65. The van der Waals surface area contributed by atoms with E-state index in [1.54, 1.807) is 0 Å². The zero-order chi connectivity index (χ0) is 9.90. The molecule has 1 saturated heterocycles. The molecule has 0 atom stereocenters. The van der Waals surface area contributed by atoms with Gasteiger partial charge in [0.25, 0.3) is 0 Å². The molecule has 0 unspecified atom stereocenters. The number of hydrogen-bond donors (Lipinski definition) is 0. The average Bonchev–Trinajstić information content (AvgIpc) is 2.55. The van der Waals surface area contributed by atoms with E-state index in [9.17, 15) is 4.79 Å². The Kier molecular flexibility index (Phi) is 3.24. The fraction of sp³-hybridized carbons (Fsp3) is 0.875. The van der Waals surface area contributed by atoms with Crippen LogP contribution in [0.25, 0.3) is 0 Å². The second-order valence-corrected chi connectivity index (χ2v) is 3.49. The van der Waals surface area contributed by atoms with Gasteiger partial charge >= 0.3 is 5.97 Å². The molecule has 76 valence electrons. The SMILES string of the molecule is COC(=O)CC(C)(C)N1OCCO1. The molecule has 0 amide bonds. The van der Waals surface area contributed by atoms with Crippen molar-refractivity contribution in [3.8, 4) is 0 Å². The first kappa shape index (κ1) is 10.4. The molecule has 5 nitrogen and oxygen atoms in total. The van der Waals surface area contributed by atoms with Crippen LogP contribution >= 0.6 is 0 Å². The van der Waals surface area contributed by atoms with Crippen molar-refractivity contribution in [1.82, 2.24) is 5.23 Å². The van der Waals surface area contributed by atoms with Crippen LogP contribution in [-0.4, -0.2) is 37.1 Å². The van der Waals surface area contributed by atoms with Crippen LogP contribution in [0.2, 0.25) is 0 Å². The average molecular weight is 189 g/mol. The van der Waals surface area contributed by atoms with Gasteiger partial charge in [0, 0.05) is 0 Å². The van der Waals surface area contributed by atoms with E-state index in [2.05, 4.69) is 4.74 Å². The first-order chi connectivity index (χ1) is 6.06. The minimum atomic E-state index is -0.483. The van der Waals surface area contributed by atoms with Crippen LogP contribution in [0.3, 0.4) is 0 Å². The molecule has 1 aliphatic rings. The Morgan fingerprint density at radius 3 is 2.46 bits per heavy atom.